The van der Waals surface area contributed by atoms with Crippen molar-refractivity contribution in [3.8, 4) is 35.5 Å². The molecule has 1 aliphatic heterocycles. The van der Waals surface area contributed by atoms with Crippen molar-refractivity contribution in [2.45, 2.75) is 58.9 Å². The number of esters is 6. The molecule has 0 N–H and O–H groups in total. The molecular weight excluding hydrogens is 877 g/mol. The maximum atomic E-state index is 12.8. The van der Waals surface area contributed by atoms with E-state index in [1.54, 1.807) is 146 Å². The molecular formula is C57H42O12. The highest BCUT2D eigenvalue weighted by atomic mass is 16.6. The Hall–Kier alpha value is -9.18. The van der Waals surface area contributed by atoms with Gasteiger partial charge in [-0.15, -0.1) is 0 Å². The van der Waals surface area contributed by atoms with Crippen LogP contribution >= 0.6 is 0 Å². The van der Waals surface area contributed by atoms with Crippen LogP contribution in [0.1, 0.15) is 86.0 Å². The van der Waals surface area contributed by atoms with Gasteiger partial charge in [-0.3, -0.25) is 28.8 Å². The Balaban J connectivity index is 1.09. The van der Waals surface area contributed by atoms with Crippen molar-refractivity contribution in [1.29, 1.82) is 0 Å². The molecule has 0 bridgehead atoms. The third-order valence-corrected chi connectivity index (χ3v) is 10.3. The topological polar surface area (TPSA) is 158 Å². The molecule has 0 aromatic heterocycles. The summed E-state index contributed by atoms with van der Waals surface area (Å²) in [6, 6.07) is 42.3. The SMILES string of the molecule is O=C1CC(=O)OCc2ccccc2C#Cc2ccccc2COC(=O)CC(=O)OCc2ccccc2C#Cc2ccccc2COC(=O)CC(=O)OCc2ccccc2C#Cc2ccccc2CO1. The molecule has 6 aromatic rings. The van der Waals surface area contributed by atoms with Gasteiger partial charge in [0.15, 0.2) is 0 Å². The fourth-order valence-electron chi connectivity index (χ4n) is 6.62. The first kappa shape index (κ1) is 47.8. The van der Waals surface area contributed by atoms with Gasteiger partial charge in [0.2, 0.25) is 0 Å². The van der Waals surface area contributed by atoms with Crippen molar-refractivity contribution in [2.24, 2.45) is 0 Å². The second-order valence-corrected chi connectivity index (χ2v) is 15.2. The van der Waals surface area contributed by atoms with Gasteiger partial charge in [0.1, 0.15) is 58.9 Å². The van der Waals surface area contributed by atoms with E-state index in [9.17, 15) is 28.8 Å². The van der Waals surface area contributed by atoms with Crippen LogP contribution in [0.5, 0.6) is 0 Å². The van der Waals surface area contributed by atoms with Gasteiger partial charge in [0.05, 0.1) is 0 Å². The van der Waals surface area contributed by atoms with E-state index in [0.29, 0.717) is 66.8 Å². The smallest absolute Gasteiger partial charge is 0.317 e. The standard InChI is InChI=1S/C57H42O12/c58-52-31-53(59)66-36-48-21-9-3-15-42(48)27-28-43-16-5-11-23-50(43)38-68-56(62)33-57(63)69-39-51-24-12-6-18-45(51)30-29-44-17-4-10-22-49(44)37-67-55(61)32-54(60)65-35-47-20-8-2-14-41(47)26-25-40-13-1-7-19-46(40)34-64-52/h1-24H,31-39H2. The van der Waals surface area contributed by atoms with Gasteiger partial charge in [0, 0.05) is 66.8 Å². The Morgan fingerprint density at radius 3 is 0.536 bits per heavy atom. The normalized spacial score (nSPS) is 14.4. The highest BCUT2D eigenvalue weighted by Gasteiger charge is 2.17. The lowest BCUT2D eigenvalue weighted by atomic mass is 10.1. The second-order valence-electron chi connectivity index (χ2n) is 15.2. The molecule has 0 fully saturated rings. The van der Waals surface area contributed by atoms with Crippen LogP contribution in [0.4, 0.5) is 0 Å². The molecule has 0 aliphatic carbocycles. The summed E-state index contributed by atoms with van der Waals surface area (Å²) >= 11 is 0. The van der Waals surface area contributed by atoms with Crippen LogP contribution in [0.25, 0.3) is 0 Å². The van der Waals surface area contributed by atoms with E-state index >= 15 is 0 Å². The predicted octanol–water partition coefficient (Wildman–Crippen LogP) is 7.73. The molecule has 12 heteroatoms. The number of carbonyl (C=O) groups excluding carboxylic acids is 6. The summed E-state index contributed by atoms with van der Waals surface area (Å²) in [5, 5.41) is 0. The number of fused-ring (bicyclic) bond motifs is 6. The Kier molecular flexibility index (Phi) is 16.9. The quantitative estimate of drug-likeness (QED) is 0.0633. The van der Waals surface area contributed by atoms with Crippen molar-refractivity contribution in [3.05, 3.63) is 212 Å². The van der Waals surface area contributed by atoms with Gasteiger partial charge in [-0.1, -0.05) is 145 Å². The zero-order chi connectivity index (χ0) is 48.2. The van der Waals surface area contributed by atoms with Gasteiger partial charge < -0.3 is 28.4 Å². The number of hydrogen-bond acceptors (Lipinski definition) is 12. The average Bonchev–Trinajstić information content (AvgIpc) is 3.36. The molecule has 0 unspecified atom stereocenters. The molecule has 6 aromatic carbocycles. The summed E-state index contributed by atoms with van der Waals surface area (Å²) in [7, 11) is 0. The molecule has 0 saturated heterocycles. The van der Waals surface area contributed by atoms with Crippen molar-refractivity contribution >= 4 is 35.8 Å². The Labute approximate surface area is 398 Å². The van der Waals surface area contributed by atoms with E-state index in [1.807, 2.05) is 0 Å². The van der Waals surface area contributed by atoms with Crippen LogP contribution < -0.4 is 0 Å². The molecule has 69 heavy (non-hydrogen) atoms. The minimum absolute atomic E-state index is 0.161. The fourth-order valence-corrected chi connectivity index (χ4v) is 6.62. The van der Waals surface area contributed by atoms with Crippen molar-refractivity contribution in [2.75, 3.05) is 0 Å². The van der Waals surface area contributed by atoms with Gasteiger partial charge in [-0.2, -0.15) is 0 Å². The Bertz CT molecular complexity index is 2570. The van der Waals surface area contributed by atoms with Gasteiger partial charge in [0.25, 0.3) is 0 Å². The van der Waals surface area contributed by atoms with Crippen molar-refractivity contribution < 1.29 is 57.2 Å². The third kappa shape index (κ3) is 14.7. The summed E-state index contributed by atoms with van der Waals surface area (Å²) in [5.74, 6) is 13.8. The zero-order valence-corrected chi connectivity index (χ0v) is 37.1. The number of benzene rings is 6. The van der Waals surface area contributed by atoms with Gasteiger partial charge in [-0.05, 0) is 36.4 Å². The van der Waals surface area contributed by atoms with Crippen molar-refractivity contribution in [3.63, 3.8) is 0 Å². The van der Waals surface area contributed by atoms with Crippen molar-refractivity contribution in [1.82, 2.24) is 0 Å². The lowest BCUT2D eigenvalue weighted by Gasteiger charge is -2.09. The Morgan fingerprint density at radius 1 is 0.232 bits per heavy atom. The monoisotopic (exact) mass is 918 g/mol. The molecule has 7 rings (SSSR count). The molecule has 0 radical (unpaired) electrons. The number of carbonyl (C=O) groups is 6. The van der Waals surface area contributed by atoms with Crippen LogP contribution in [0.2, 0.25) is 0 Å². The number of hydrogen-bond donors (Lipinski definition) is 0. The van der Waals surface area contributed by atoms with Crippen LogP contribution in [0, 0.1) is 35.5 Å². The largest absolute Gasteiger partial charge is 0.460 e. The average molecular weight is 919 g/mol. The second kappa shape index (κ2) is 24.4. The maximum absolute atomic E-state index is 12.8. The molecule has 1 aliphatic rings. The van der Waals surface area contributed by atoms with Gasteiger partial charge in [-0.25, -0.2) is 0 Å². The fraction of sp³-hybridized carbons (Fsp3) is 0.158. The molecule has 0 atom stereocenters. The first-order chi connectivity index (χ1) is 33.7. The Morgan fingerprint density at radius 2 is 0.377 bits per heavy atom. The highest BCUT2D eigenvalue weighted by Crippen LogP contribution is 2.17. The lowest BCUT2D eigenvalue weighted by molar-refractivity contribution is -0.157. The summed E-state index contributed by atoms with van der Waals surface area (Å²) in [4.78, 5) is 76.6. The summed E-state index contributed by atoms with van der Waals surface area (Å²) in [6.07, 6.45) is -1.90. The summed E-state index contributed by atoms with van der Waals surface area (Å²) in [5.41, 5.74) is 6.96. The lowest BCUT2D eigenvalue weighted by Crippen LogP contribution is -2.14. The maximum Gasteiger partial charge on any atom is 0.317 e. The molecule has 342 valence electrons. The van der Waals surface area contributed by atoms with E-state index in [-0.39, 0.29) is 39.6 Å². The molecule has 1 heterocycles. The zero-order valence-electron chi connectivity index (χ0n) is 37.1. The van der Waals surface area contributed by atoms with E-state index in [1.165, 1.54) is 0 Å². The summed E-state index contributed by atoms with van der Waals surface area (Å²) < 4.78 is 32.6. The van der Waals surface area contributed by atoms with Crippen LogP contribution in [0.15, 0.2) is 146 Å². The minimum atomic E-state index is -0.796. The molecule has 0 spiro atoms. The van der Waals surface area contributed by atoms with E-state index < -0.39 is 55.1 Å². The highest BCUT2D eigenvalue weighted by molar-refractivity contribution is 5.92. The van der Waals surface area contributed by atoms with Crippen LogP contribution in [0.3, 0.4) is 0 Å². The van der Waals surface area contributed by atoms with E-state index in [0.717, 1.165) is 0 Å². The summed E-state index contributed by atoms with van der Waals surface area (Å²) in [6.45, 7) is -0.967. The molecule has 0 amide bonds. The predicted molar refractivity (Wildman–Crippen MR) is 249 cm³/mol. The molecule has 12 nitrogen and oxygen atoms in total. The first-order valence-electron chi connectivity index (χ1n) is 21.6. The number of ether oxygens (including phenoxy) is 6. The number of cyclic esters (lactones) is 6. The van der Waals surface area contributed by atoms with Crippen LogP contribution in [-0.4, -0.2) is 35.8 Å². The third-order valence-electron chi connectivity index (χ3n) is 10.3. The van der Waals surface area contributed by atoms with E-state index in [2.05, 4.69) is 35.5 Å². The van der Waals surface area contributed by atoms with Crippen LogP contribution in [-0.2, 0) is 96.8 Å². The minimum Gasteiger partial charge on any atom is -0.460 e. The van der Waals surface area contributed by atoms with Gasteiger partial charge >= 0.3 is 35.8 Å². The first-order valence-corrected chi connectivity index (χ1v) is 21.6. The molecule has 0 saturated carbocycles. The number of rotatable bonds is 0. The van der Waals surface area contributed by atoms with E-state index in [4.69, 9.17) is 28.4 Å².